The summed E-state index contributed by atoms with van der Waals surface area (Å²) in [6, 6.07) is -3.46. The average molecular weight is 414 g/mol. The molecule has 1 fully saturated rings. The Labute approximate surface area is 172 Å². The summed E-state index contributed by atoms with van der Waals surface area (Å²) < 4.78 is 5.23. The van der Waals surface area contributed by atoms with Gasteiger partial charge in [-0.25, -0.2) is 9.59 Å². The number of ether oxygens (including phenoxy) is 1. The van der Waals surface area contributed by atoms with Crippen LogP contribution in [0.25, 0.3) is 0 Å². The predicted molar refractivity (Wildman–Crippen MR) is 107 cm³/mol. The Morgan fingerprint density at radius 2 is 1.41 bits per heavy atom. The second kappa shape index (κ2) is 10.0. The third-order valence-corrected chi connectivity index (χ3v) is 4.89. The number of amides is 3. The van der Waals surface area contributed by atoms with E-state index >= 15 is 0 Å². The first-order valence-electron chi connectivity index (χ1n) is 10.1. The van der Waals surface area contributed by atoms with Gasteiger partial charge in [-0.3, -0.25) is 9.59 Å². The van der Waals surface area contributed by atoms with E-state index in [9.17, 15) is 24.3 Å². The summed E-state index contributed by atoms with van der Waals surface area (Å²) in [7, 11) is 0. The fourth-order valence-electron chi connectivity index (χ4n) is 2.96. The van der Waals surface area contributed by atoms with E-state index in [1.165, 1.54) is 0 Å². The number of hydrogen-bond donors (Lipinski definition) is 4. The molecule has 1 aliphatic rings. The number of epoxide rings is 1. The van der Waals surface area contributed by atoms with Crippen LogP contribution in [0.5, 0.6) is 0 Å². The van der Waals surface area contributed by atoms with Crippen molar-refractivity contribution in [3.63, 3.8) is 0 Å². The Kier molecular flexibility index (Phi) is 8.62. The highest BCUT2D eigenvalue weighted by Crippen LogP contribution is 2.29. The second-order valence-electron chi connectivity index (χ2n) is 8.97. The van der Waals surface area contributed by atoms with Crippen LogP contribution in [-0.2, 0) is 19.1 Å². The molecule has 0 unspecified atom stereocenters. The first-order valence-corrected chi connectivity index (χ1v) is 10.1. The molecular formula is C20H35N3O6. The van der Waals surface area contributed by atoms with Gasteiger partial charge in [-0.1, -0.05) is 41.5 Å². The Hall–Kier alpha value is -2.16. The number of Topliss-reactive ketones (excluding diaryl/α,β-unsaturated/α-hetero) is 1. The number of aliphatic carboxylic acids is 1. The van der Waals surface area contributed by atoms with Crippen molar-refractivity contribution in [3.05, 3.63) is 0 Å². The maximum atomic E-state index is 12.9. The first-order chi connectivity index (χ1) is 13.3. The van der Waals surface area contributed by atoms with Gasteiger partial charge in [-0.2, -0.15) is 0 Å². The van der Waals surface area contributed by atoms with Gasteiger partial charge in [0, 0.05) is 0 Å². The van der Waals surface area contributed by atoms with Crippen LogP contribution in [0.2, 0.25) is 0 Å². The molecule has 4 atom stereocenters. The van der Waals surface area contributed by atoms with Crippen molar-refractivity contribution in [2.24, 2.45) is 17.8 Å². The molecule has 1 aliphatic heterocycles. The monoisotopic (exact) mass is 413 g/mol. The molecule has 9 nitrogen and oxygen atoms in total. The number of rotatable bonds is 11. The third kappa shape index (κ3) is 7.30. The van der Waals surface area contributed by atoms with E-state index in [1.54, 1.807) is 34.6 Å². The van der Waals surface area contributed by atoms with Gasteiger partial charge in [0.1, 0.15) is 17.7 Å². The number of hydrogen-bond acceptors (Lipinski definition) is 5. The van der Waals surface area contributed by atoms with Gasteiger partial charge in [0.2, 0.25) is 5.91 Å². The summed E-state index contributed by atoms with van der Waals surface area (Å²) in [5, 5.41) is 16.9. The summed E-state index contributed by atoms with van der Waals surface area (Å²) in [6.45, 7) is 12.8. The maximum Gasteiger partial charge on any atom is 0.326 e. The normalized spacial score (nSPS) is 21.4. The van der Waals surface area contributed by atoms with Crippen LogP contribution >= 0.6 is 0 Å². The third-order valence-electron chi connectivity index (χ3n) is 4.89. The molecule has 0 bridgehead atoms. The molecule has 0 aromatic rings. The zero-order valence-electron chi connectivity index (χ0n) is 18.4. The molecule has 0 radical (unpaired) electrons. The fraction of sp³-hybridized carbons (Fsp3) is 0.800. The Balaban J connectivity index is 2.85. The van der Waals surface area contributed by atoms with Crippen LogP contribution in [-0.4, -0.2) is 59.1 Å². The van der Waals surface area contributed by atoms with E-state index in [0.717, 1.165) is 0 Å². The molecule has 0 spiro atoms. The number of carbonyl (C=O) groups excluding carboxylic acids is 3. The molecule has 4 N–H and O–H groups in total. The van der Waals surface area contributed by atoms with Crippen molar-refractivity contribution in [3.8, 4) is 0 Å². The minimum atomic E-state index is -1.15. The highest BCUT2D eigenvalue weighted by atomic mass is 16.6. The lowest BCUT2D eigenvalue weighted by atomic mass is 9.92. The molecule has 0 saturated carbocycles. The van der Waals surface area contributed by atoms with Crippen LogP contribution in [0, 0.1) is 17.8 Å². The van der Waals surface area contributed by atoms with E-state index in [0.29, 0.717) is 13.0 Å². The zero-order chi connectivity index (χ0) is 22.5. The van der Waals surface area contributed by atoms with Crippen molar-refractivity contribution in [1.82, 2.24) is 16.0 Å². The highest BCUT2D eigenvalue weighted by Gasteiger charge is 2.50. The molecule has 1 saturated heterocycles. The lowest BCUT2D eigenvalue weighted by Gasteiger charge is -2.27. The molecule has 0 aromatic heterocycles. The largest absolute Gasteiger partial charge is 0.480 e. The van der Waals surface area contributed by atoms with Gasteiger partial charge >= 0.3 is 12.0 Å². The Morgan fingerprint density at radius 1 is 0.931 bits per heavy atom. The van der Waals surface area contributed by atoms with Gasteiger partial charge in [0.25, 0.3) is 0 Å². The van der Waals surface area contributed by atoms with Crippen LogP contribution < -0.4 is 16.0 Å². The summed E-state index contributed by atoms with van der Waals surface area (Å²) in [5.41, 5.74) is -0.864. The van der Waals surface area contributed by atoms with Gasteiger partial charge in [0.05, 0.1) is 12.6 Å². The lowest BCUT2D eigenvalue weighted by molar-refractivity contribution is -0.140. The minimum absolute atomic E-state index is 0.169. The van der Waals surface area contributed by atoms with E-state index in [4.69, 9.17) is 4.74 Å². The molecule has 9 heteroatoms. The van der Waals surface area contributed by atoms with Crippen molar-refractivity contribution in [2.45, 2.75) is 78.6 Å². The standard InChI is InChI=1S/C20H35N3O6/c1-10(2)8-13(16(24)20(7)9-29-20)21-17(25)14(11(3)4)22-19(28)23-15(12(5)6)18(26)27/h10-15H,8-9H2,1-7H3,(H,21,25)(H,26,27)(H2,22,23,28)/t13-,14-,15-,20+/m0/s1. The summed E-state index contributed by atoms with van der Waals surface area (Å²) in [4.78, 5) is 49.1. The van der Waals surface area contributed by atoms with Gasteiger partial charge in [-0.15, -0.1) is 0 Å². The van der Waals surface area contributed by atoms with E-state index in [-0.39, 0.29) is 23.5 Å². The van der Waals surface area contributed by atoms with Crippen molar-refractivity contribution < 1.29 is 29.0 Å². The molecule has 0 aliphatic carbocycles. The smallest absolute Gasteiger partial charge is 0.326 e. The lowest BCUT2D eigenvalue weighted by Crippen LogP contribution is -2.58. The van der Waals surface area contributed by atoms with Crippen LogP contribution in [0.1, 0.15) is 54.9 Å². The summed E-state index contributed by atoms with van der Waals surface area (Å²) >= 11 is 0. The second-order valence-corrected chi connectivity index (χ2v) is 8.97. The quantitative estimate of drug-likeness (QED) is 0.377. The van der Waals surface area contributed by atoms with Crippen LogP contribution in [0.3, 0.4) is 0 Å². The fourth-order valence-corrected chi connectivity index (χ4v) is 2.96. The molecule has 3 amide bonds. The van der Waals surface area contributed by atoms with Gasteiger partial charge < -0.3 is 25.8 Å². The first kappa shape index (κ1) is 24.9. The van der Waals surface area contributed by atoms with Crippen LogP contribution in [0.4, 0.5) is 4.79 Å². The number of urea groups is 1. The number of ketones is 1. The van der Waals surface area contributed by atoms with Crippen molar-refractivity contribution in [2.75, 3.05) is 6.61 Å². The maximum absolute atomic E-state index is 12.9. The van der Waals surface area contributed by atoms with Gasteiger partial charge in [0.15, 0.2) is 5.78 Å². The summed E-state index contributed by atoms with van der Waals surface area (Å²) in [5.74, 6) is -2.25. The molecule has 29 heavy (non-hydrogen) atoms. The van der Waals surface area contributed by atoms with Gasteiger partial charge in [-0.05, 0) is 31.1 Å². The zero-order valence-corrected chi connectivity index (χ0v) is 18.4. The van der Waals surface area contributed by atoms with Crippen LogP contribution in [0.15, 0.2) is 0 Å². The van der Waals surface area contributed by atoms with Crippen molar-refractivity contribution in [1.29, 1.82) is 0 Å². The molecule has 166 valence electrons. The van der Waals surface area contributed by atoms with Crippen molar-refractivity contribution >= 4 is 23.7 Å². The topological polar surface area (TPSA) is 137 Å². The number of carboxylic acids is 1. The number of carbonyl (C=O) groups is 4. The van der Waals surface area contributed by atoms with E-state index in [2.05, 4.69) is 16.0 Å². The minimum Gasteiger partial charge on any atom is -0.480 e. The number of carboxylic acid groups (broad SMARTS) is 1. The Morgan fingerprint density at radius 3 is 1.79 bits per heavy atom. The molecular weight excluding hydrogens is 378 g/mol. The SMILES string of the molecule is CC(C)C[C@H](NC(=O)[C@@H](NC(=O)N[C@H](C(=O)O)C(C)C)C(C)C)C(=O)[C@@]1(C)CO1. The summed E-state index contributed by atoms with van der Waals surface area (Å²) in [6.07, 6.45) is 0.453. The molecule has 0 aromatic carbocycles. The highest BCUT2D eigenvalue weighted by molar-refractivity contribution is 5.98. The number of nitrogens with one attached hydrogen (secondary N) is 3. The molecule has 1 heterocycles. The van der Waals surface area contributed by atoms with E-state index in [1.807, 2.05) is 13.8 Å². The van der Waals surface area contributed by atoms with E-state index < -0.39 is 41.6 Å². The molecule has 1 rings (SSSR count). The predicted octanol–water partition coefficient (Wildman–Crippen LogP) is 1.31. The Bertz CT molecular complexity index is 628. The average Bonchev–Trinajstić information content (AvgIpc) is 3.33.